The Bertz CT molecular complexity index is 1090. The lowest BCUT2D eigenvalue weighted by atomic mass is 10.3. The first kappa shape index (κ1) is 19.2. The van der Waals surface area contributed by atoms with Gasteiger partial charge in [0.2, 0.25) is 11.8 Å². The Morgan fingerprint density at radius 2 is 2.11 bits per heavy atom. The number of aryl methyl sites for hydroxylation is 2. The van der Waals surface area contributed by atoms with Crippen LogP contribution in [0.15, 0.2) is 41.6 Å². The number of rotatable bonds is 6. The molecule has 3 aromatic rings. The van der Waals surface area contributed by atoms with E-state index in [1.807, 2.05) is 0 Å². The van der Waals surface area contributed by atoms with E-state index in [2.05, 4.69) is 15.4 Å². The standard InChI is InChI=1S/C18H19FN6O3/c1-23(10-15(26)22-13-5-3-4-12(19)8-13)16(27)6-7-25-11-20-17-14(18(25)28)9-21-24(17)2/h3-5,8-9,11H,6-7,10H2,1-2H3,(H,22,26). The molecule has 0 aliphatic heterocycles. The van der Waals surface area contributed by atoms with E-state index in [-0.39, 0.29) is 31.0 Å². The second kappa shape index (κ2) is 7.99. The van der Waals surface area contributed by atoms with Crippen molar-refractivity contribution in [1.82, 2.24) is 24.2 Å². The summed E-state index contributed by atoms with van der Waals surface area (Å²) in [5, 5.41) is 6.89. The van der Waals surface area contributed by atoms with Crippen LogP contribution in [-0.2, 0) is 23.2 Å². The molecule has 0 spiro atoms. The van der Waals surface area contributed by atoms with Crippen LogP contribution >= 0.6 is 0 Å². The summed E-state index contributed by atoms with van der Waals surface area (Å²) in [6, 6.07) is 5.49. The minimum absolute atomic E-state index is 0.0249. The van der Waals surface area contributed by atoms with Crippen LogP contribution in [0.1, 0.15) is 6.42 Å². The molecule has 0 saturated carbocycles. The Labute approximate surface area is 159 Å². The third kappa shape index (κ3) is 4.22. The summed E-state index contributed by atoms with van der Waals surface area (Å²) >= 11 is 0. The van der Waals surface area contributed by atoms with Gasteiger partial charge in [0.05, 0.1) is 19.1 Å². The number of likely N-dealkylation sites (N-methyl/N-ethyl adjacent to an activating group) is 1. The lowest BCUT2D eigenvalue weighted by Crippen LogP contribution is -2.35. The van der Waals surface area contributed by atoms with Gasteiger partial charge in [-0.05, 0) is 18.2 Å². The van der Waals surface area contributed by atoms with Crippen LogP contribution in [0, 0.1) is 5.82 Å². The molecule has 0 aliphatic rings. The van der Waals surface area contributed by atoms with E-state index in [9.17, 15) is 18.8 Å². The maximum absolute atomic E-state index is 13.1. The van der Waals surface area contributed by atoms with Gasteiger partial charge < -0.3 is 10.2 Å². The zero-order chi connectivity index (χ0) is 20.3. The van der Waals surface area contributed by atoms with Crippen molar-refractivity contribution in [2.75, 3.05) is 18.9 Å². The van der Waals surface area contributed by atoms with Gasteiger partial charge in [0.25, 0.3) is 5.56 Å². The summed E-state index contributed by atoms with van der Waals surface area (Å²) in [7, 11) is 3.17. The van der Waals surface area contributed by atoms with E-state index in [0.29, 0.717) is 16.7 Å². The molecule has 9 nitrogen and oxygen atoms in total. The number of carbonyl (C=O) groups is 2. The topological polar surface area (TPSA) is 102 Å². The van der Waals surface area contributed by atoms with Gasteiger partial charge >= 0.3 is 0 Å². The number of hydrogen-bond donors (Lipinski definition) is 1. The first-order valence-corrected chi connectivity index (χ1v) is 8.51. The number of carbonyl (C=O) groups excluding carboxylic acids is 2. The lowest BCUT2D eigenvalue weighted by molar-refractivity contribution is -0.133. The molecule has 0 saturated heterocycles. The average molecular weight is 386 g/mol. The zero-order valence-corrected chi connectivity index (χ0v) is 15.4. The maximum Gasteiger partial charge on any atom is 0.264 e. The lowest BCUT2D eigenvalue weighted by Gasteiger charge is -2.17. The second-order valence-electron chi connectivity index (χ2n) is 6.31. The van der Waals surface area contributed by atoms with Gasteiger partial charge in [-0.25, -0.2) is 9.37 Å². The first-order valence-electron chi connectivity index (χ1n) is 8.51. The average Bonchev–Trinajstić information content (AvgIpc) is 3.02. The van der Waals surface area contributed by atoms with Crippen molar-refractivity contribution >= 4 is 28.5 Å². The number of fused-ring (bicyclic) bond motifs is 1. The fourth-order valence-electron chi connectivity index (χ4n) is 2.70. The molecule has 2 aromatic heterocycles. The van der Waals surface area contributed by atoms with Gasteiger partial charge in [0, 0.05) is 32.7 Å². The number of anilines is 1. The minimum Gasteiger partial charge on any atom is -0.336 e. The minimum atomic E-state index is -0.466. The first-order chi connectivity index (χ1) is 13.3. The summed E-state index contributed by atoms with van der Waals surface area (Å²) in [5.74, 6) is -1.23. The normalized spacial score (nSPS) is 10.8. The molecule has 1 N–H and O–H groups in total. The highest BCUT2D eigenvalue weighted by Gasteiger charge is 2.15. The van der Waals surface area contributed by atoms with Crippen LogP contribution in [0.25, 0.3) is 11.0 Å². The Balaban J connectivity index is 1.56. The van der Waals surface area contributed by atoms with E-state index in [1.54, 1.807) is 13.1 Å². The molecule has 10 heteroatoms. The Morgan fingerprint density at radius 1 is 1.32 bits per heavy atom. The molecular weight excluding hydrogens is 367 g/mol. The zero-order valence-electron chi connectivity index (χ0n) is 15.4. The van der Waals surface area contributed by atoms with Gasteiger partial charge in [-0.1, -0.05) is 6.07 Å². The smallest absolute Gasteiger partial charge is 0.264 e. The maximum atomic E-state index is 13.1. The molecule has 0 unspecified atom stereocenters. The summed E-state index contributed by atoms with van der Waals surface area (Å²) in [6.45, 7) is -0.0600. The highest BCUT2D eigenvalue weighted by atomic mass is 19.1. The van der Waals surface area contributed by atoms with E-state index >= 15 is 0 Å². The molecule has 0 radical (unpaired) electrons. The molecule has 0 fully saturated rings. The fraction of sp³-hybridized carbons (Fsp3) is 0.278. The Kier molecular flexibility index (Phi) is 5.48. The molecule has 3 rings (SSSR count). The van der Waals surface area contributed by atoms with Crippen molar-refractivity contribution in [2.24, 2.45) is 7.05 Å². The predicted octanol–water partition coefficient (Wildman–Crippen LogP) is 0.756. The van der Waals surface area contributed by atoms with Gasteiger partial charge in [0.15, 0.2) is 5.65 Å². The highest BCUT2D eigenvalue weighted by molar-refractivity contribution is 5.94. The predicted molar refractivity (Wildman–Crippen MR) is 100 cm³/mol. The van der Waals surface area contributed by atoms with Crippen molar-refractivity contribution < 1.29 is 14.0 Å². The molecule has 1 aromatic carbocycles. The summed E-state index contributed by atoms with van der Waals surface area (Å²) in [4.78, 5) is 42.1. The van der Waals surface area contributed by atoms with E-state index in [4.69, 9.17) is 0 Å². The number of nitrogens with zero attached hydrogens (tertiary/aromatic N) is 5. The molecular formula is C18H19FN6O3. The van der Waals surface area contributed by atoms with Crippen LogP contribution in [0.4, 0.5) is 10.1 Å². The summed E-state index contributed by atoms with van der Waals surface area (Å²) in [5.41, 5.74) is 0.504. The van der Waals surface area contributed by atoms with E-state index in [1.165, 1.54) is 51.9 Å². The van der Waals surface area contributed by atoms with Crippen molar-refractivity contribution in [1.29, 1.82) is 0 Å². The number of nitrogens with one attached hydrogen (secondary N) is 1. The number of hydrogen-bond acceptors (Lipinski definition) is 5. The highest BCUT2D eigenvalue weighted by Crippen LogP contribution is 2.09. The van der Waals surface area contributed by atoms with Crippen molar-refractivity contribution in [2.45, 2.75) is 13.0 Å². The van der Waals surface area contributed by atoms with E-state index in [0.717, 1.165) is 0 Å². The molecule has 0 aliphatic carbocycles. The second-order valence-corrected chi connectivity index (χ2v) is 6.31. The monoisotopic (exact) mass is 386 g/mol. The van der Waals surface area contributed by atoms with Gasteiger partial charge in [-0.2, -0.15) is 5.10 Å². The van der Waals surface area contributed by atoms with Gasteiger partial charge in [-0.3, -0.25) is 23.6 Å². The fourth-order valence-corrected chi connectivity index (χ4v) is 2.70. The Morgan fingerprint density at radius 3 is 2.86 bits per heavy atom. The van der Waals surface area contributed by atoms with Crippen molar-refractivity contribution in [3.63, 3.8) is 0 Å². The SMILES string of the molecule is CN(CC(=O)Nc1cccc(F)c1)C(=O)CCn1cnc2c(cnn2C)c1=O. The number of aromatic nitrogens is 4. The quantitative estimate of drug-likeness (QED) is 0.674. The molecule has 2 amide bonds. The van der Waals surface area contributed by atoms with Crippen LogP contribution in [-0.4, -0.2) is 49.6 Å². The number of benzene rings is 1. The third-order valence-corrected chi connectivity index (χ3v) is 4.20. The molecule has 146 valence electrons. The van der Waals surface area contributed by atoms with Crippen molar-refractivity contribution in [3.05, 3.63) is 53.0 Å². The summed E-state index contributed by atoms with van der Waals surface area (Å²) in [6.07, 6.45) is 2.83. The van der Waals surface area contributed by atoms with Gasteiger partial charge in [-0.15, -0.1) is 0 Å². The van der Waals surface area contributed by atoms with Crippen molar-refractivity contribution in [3.8, 4) is 0 Å². The van der Waals surface area contributed by atoms with Crippen LogP contribution in [0.3, 0.4) is 0 Å². The van der Waals surface area contributed by atoms with Crippen LogP contribution in [0.5, 0.6) is 0 Å². The molecule has 0 atom stereocenters. The number of amides is 2. The largest absolute Gasteiger partial charge is 0.336 e. The van der Waals surface area contributed by atoms with Crippen LogP contribution in [0.2, 0.25) is 0 Å². The van der Waals surface area contributed by atoms with E-state index < -0.39 is 11.7 Å². The number of halogens is 1. The Hall–Kier alpha value is -3.56. The molecule has 0 bridgehead atoms. The molecule has 28 heavy (non-hydrogen) atoms. The van der Waals surface area contributed by atoms with Gasteiger partial charge in [0.1, 0.15) is 11.2 Å². The molecule has 2 heterocycles. The summed E-state index contributed by atoms with van der Waals surface area (Å²) < 4.78 is 16.0. The third-order valence-electron chi connectivity index (χ3n) is 4.20. The van der Waals surface area contributed by atoms with Crippen LogP contribution < -0.4 is 10.9 Å².